The molecule has 1 aromatic carbocycles. The lowest BCUT2D eigenvalue weighted by molar-refractivity contribution is 0.0290. The number of carbonyl (C=O) groups excluding carboxylic acids is 1. The number of likely N-dealkylation sites (tertiary alicyclic amines) is 1. The highest BCUT2D eigenvalue weighted by Crippen LogP contribution is 2.37. The first-order valence-corrected chi connectivity index (χ1v) is 8.42. The first-order valence-electron chi connectivity index (χ1n) is 8.42. The number of ether oxygens (including phenoxy) is 1. The van der Waals surface area contributed by atoms with Crippen LogP contribution in [0.2, 0.25) is 0 Å². The van der Waals surface area contributed by atoms with E-state index in [0.29, 0.717) is 12.6 Å². The average Bonchev–Trinajstić information content (AvgIpc) is 3.04. The third-order valence-electron chi connectivity index (χ3n) is 4.54. The maximum absolute atomic E-state index is 12.2. The van der Waals surface area contributed by atoms with Crippen LogP contribution in [0.3, 0.4) is 0 Å². The summed E-state index contributed by atoms with van der Waals surface area (Å²) in [4.78, 5) is 13.9. The molecule has 5 heteroatoms. The van der Waals surface area contributed by atoms with E-state index in [2.05, 4.69) is 23.5 Å². The Morgan fingerprint density at radius 2 is 2.00 bits per heavy atom. The van der Waals surface area contributed by atoms with Crippen molar-refractivity contribution in [3.8, 4) is 0 Å². The van der Waals surface area contributed by atoms with Gasteiger partial charge in [0, 0.05) is 31.2 Å². The summed E-state index contributed by atoms with van der Waals surface area (Å²) in [5, 5.41) is 3.68. The summed E-state index contributed by atoms with van der Waals surface area (Å²) in [7, 11) is 0. The van der Waals surface area contributed by atoms with Gasteiger partial charge in [-0.3, -0.25) is 0 Å². The molecule has 1 amide bonds. The van der Waals surface area contributed by atoms with Crippen LogP contribution in [0, 0.1) is 0 Å². The molecule has 1 heterocycles. The monoisotopic (exact) mass is 317 g/mol. The first kappa shape index (κ1) is 16.3. The van der Waals surface area contributed by atoms with Gasteiger partial charge in [0.15, 0.2) is 0 Å². The second-order valence-electron chi connectivity index (χ2n) is 7.60. The summed E-state index contributed by atoms with van der Waals surface area (Å²) in [5.74, 6) is 0. The molecule has 3 unspecified atom stereocenters. The number of carbonyl (C=O) groups is 1. The summed E-state index contributed by atoms with van der Waals surface area (Å²) in [6.45, 7) is 7.13. The summed E-state index contributed by atoms with van der Waals surface area (Å²) in [6, 6.07) is 9.06. The van der Waals surface area contributed by atoms with Crippen LogP contribution in [0.25, 0.3) is 0 Å². The van der Waals surface area contributed by atoms with E-state index in [-0.39, 0.29) is 18.2 Å². The average molecular weight is 317 g/mol. The highest BCUT2D eigenvalue weighted by atomic mass is 16.6. The van der Waals surface area contributed by atoms with Crippen molar-refractivity contribution in [3.63, 3.8) is 0 Å². The van der Waals surface area contributed by atoms with Crippen LogP contribution < -0.4 is 11.1 Å². The van der Waals surface area contributed by atoms with E-state index in [9.17, 15) is 4.79 Å². The van der Waals surface area contributed by atoms with E-state index in [1.807, 2.05) is 26.8 Å². The molecule has 23 heavy (non-hydrogen) atoms. The van der Waals surface area contributed by atoms with Crippen LogP contribution in [-0.2, 0) is 4.74 Å². The van der Waals surface area contributed by atoms with Crippen LogP contribution in [0.15, 0.2) is 24.3 Å². The van der Waals surface area contributed by atoms with Crippen molar-refractivity contribution in [2.24, 2.45) is 5.73 Å². The smallest absolute Gasteiger partial charge is 0.410 e. The van der Waals surface area contributed by atoms with Crippen molar-refractivity contribution in [2.75, 3.05) is 13.1 Å². The van der Waals surface area contributed by atoms with Gasteiger partial charge in [-0.25, -0.2) is 4.79 Å². The third kappa shape index (κ3) is 3.67. The van der Waals surface area contributed by atoms with E-state index in [1.165, 1.54) is 11.1 Å². The van der Waals surface area contributed by atoms with Crippen molar-refractivity contribution in [3.05, 3.63) is 35.4 Å². The number of nitrogens with one attached hydrogen (secondary N) is 1. The summed E-state index contributed by atoms with van der Waals surface area (Å²) in [5.41, 5.74) is 8.33. The number of rotatable bonds is 2. The Labute approximate surface area is 138 Å². The Kier molecular flexibility index (Phi) is 4.34. The predicted molar refractivity (Wildman–Crippen MR) is 90.1 cm³/mol. The Bertz CT molecular complexity index is 582. The van der Waals surface area contributed by atoms with Gasteiger partial charge in [-0.15, -0.1) is 0 Å². The fourth-order valence-corrected chi connectivity index (χ4v) is 3.50. The molecule has 2 aliphatic rings. The molecule has 0 spiro atoms. The van der Waals surface area contributed by atoms with Gasteiger partial charge in [-0.1, -0.05) is 24.3 Å². The van der Waals surface area contributed by atoms with Gasteiger partial charge >= 0.3 is 6.09 Å². The molecule has 1 aromatic rings. The highest BCUT2D eigenvalue weighted by molar-refractivity contribution is 5.68. The van der Waals surface area contributed by atoms with Gasteiger partial charge in [-0.2, -0.15) is 0 Å². The van der Waals surface area contributed by atoms with Crippen molar-refractivity contribution in [1.29, 1.82) is 0 Å². The first-order chi connectivity index (χ1) is 10.8. The van der Waals surface area contributed by atoms with Gasteiger partial charge in [0.2, 0.25) is 0 Å². The molecule has 1 saturated heterocycles. The van der Waals surface area contributed by atoms with Gasteiger partial charge < -0.3 is 20.7 Å². The highest BCUT2D eigenvalue weighted by Gasteiger charge is 2.34. The Balaban J connectivity index is 1.58. The lowest BCUT2D eigenvalue weighted by Crippen LogP contribution is -2.39. The van der Waals surface area contributed by atoms with Gasteiger partial charge in [0.05, 0.1) is 0 Å². The molecule has 3 atom stereocenters. The molecule has 0 aromatic heterocycles. The maximum atomic E-state index is 12.2. The van der Waals surface area contributed by atoms with E-state index in [4.69, 9.17) is 10.5 Å². The van der Waals surface area contributed by atoms with Crippen LogP contribution in [-0.4, -0.2) is 35.7 Å². The van der Waals surface area contributed by atoms with E-state index < -0.39 is 5.60 Å². The summed E-state index contributed by atoms with van der Waals surface area (Å²) < 4.78 is 5.45. The molecular formula is C18H27N3O2. The fraction of sp³-hybridized carbons (Fsp3) is 0.611. The van der Waals surface area contributed by atoms with Gasteiger partial charge in [0.1, 0.15) is 5.60 Å². The molecule has 1 fully saturated rings. The zero-order valence-electron chi connectivity index (χ0n) is 14.2. The molecular weight excluding hydrogens is 290 g/mol. The number of fused-ring (bicyclic) bond motifs is 1. The van der Waals surface area contributed by atoms with E-state index in [0.717, 1.165) is 19.4 Å². The van der Waals surface area contributed by atoms with Crippen LogP contribution >= 0.6 is 0 Å². The molecule has 0 bridgehead atoms. The molecule has 1 aliphatic carbocycles. The maximum Gasteiger partial charge on any atom is 0.410 e. The van der Waals surface area contributed by atoms with Crippen LogP contribution in [0.4, 0.5) is 4.79 Å². The standard InChI is InChI=1S/C18H27N3O2/c1-18(2,3)23-17(22)21-9-8-12(11-21)20-16-10-15(19)13-6-4-5-7-14(13)16/h4-7,12,15-16,20H,8-11,19H2,1-3H3. The fourth-order valence-electron chi connectivity index (χ4n) is 3.50. The van der Waals surface area contributed by atoms with Gasteiger partial charge in [0.25, 0.3) is 0 Å². The third-order valence-corrected chi connectivity index (χ3v) is 4.54. The van der Waals surface area contributed by atoms with E-state index in [1.54, 1.807) is 4.90 Å². The predicted octanol–water partition coefficient (Wildman–Crippen LogP) is 2.73. The lowest BCUT2D eigenvalue weighted by Gasteiger charge is -2.25. The minimum absolute atomic E-state index is 0.104. The molecule has 0 saturated carbocycles. The Morgan fingerprint density at radius 3 is 2.70 bits per heavy atom. The number of nitrogens with two attached hydrogens (primary N) is 1. The Hall–Kier alpha value is -1.59. The number of amides is 1. The second kappa shape index (κ2) is 6.13. The number of benzene rings is 1. The molecule has 3 N–H and O–H groups in total. The SMILES string of the molecule is CC(C)(C)OC(=O)N1CCC(NC2CC(N)c3ccccc32)C1. The number of hydrogen-bond acceptors (Lipinski definition) is 4. The number of hydrogen-bond donors (Lipinski definition) is 2. The molecule has 5 nitrogen and oxygen atoms in total. The number of nitrogens with zero attached hydrogens (tertiary/aromatic N) is 1. The van der Waals surface area contributed by atoms with Crippen molar-refractivity contribution >= 4 is 6.09 Å². The van der Waals surface area contributed by atoms with Crippen molar-refractivity contribution < 1.29 is 9.53 Å². The van der Waals surface area contributed by atoms with Crippen molar-refractivity contribution in [1.82, 2.24) is 10.2 Å². The minimum Gasteiger partial charge on any atom is -0.444 e. The van der Waals surface area contributed by atoms with Crippen molar-refractivity contribution in [2.45, 2.75) is 57.3 Å². The molecule has 126 valence electrons. The topological polar surface area (TPSA) is 67.6 Å². The zero-order chi connectivity index (χ0) is 16.6. The molecule has 0 radical (unpaired) electrons. The minimum atomic E-state index is -0.445. The molecule has 3 rings (SSSR count). The van der Waals surface area contributed by atoms with Gasteiger partial charge in [-0.05, 0) is 44.7 Å². The van der Waals surface area contributed by atoms with E-state index >= 15 is 0 Å². The Morgan fingerprint density at radius 1 is 1.30 bits per heavy atom. The largest absolute Gasteiger partial charge is 0.444 e. The zero-order valence-corrected chi connectivity index (χ0v) is 14.2. The summed E-state index contributed by atoms with van der Waals surface area (Å²) in [6.07, 6.45) is 1.65. The van der Waals surface area contributed by atoms with Crippen LogP contribution in [0.1, 0.15) is 56.8 Å². The quantitative estimate of drug-likeness (QED) is 0.880. The molecule has 1 aliphatic heterocycles. The van der Waals surface area contributed by atoms with Crippen LogP contribution in [0.5, 0.6) is 0 Å². The second-order valence-corrected chi connectivity index (χ2v) is 7.60. The normalized spacial score (nSPS) is 27.1. The lowest BCUT2D eigenvalue weighted by atomic mass is 10.1. The summed E-state index contributed by atoms with van der Waals surface area (Å²) >= 11 is 0.